The quantitative estimate of drug-likeness (QED) is 0.354. The average molecular weight is 438 g/mol. The van der Waals surface area contributed by atoms with E-state index in [9.17, 15) is 0 Å². The van der Waals surface area contributed by atoms with Gasteiger partial charge in [-0.1, -0.05) is 26.0 Å². The van der Waals surface area contributed by atoms with Crippen molar-refractivity contribution >= 4 is 5.96 Å². The number of benzene rings is 1. The molecule has 7 heteroatoms. The van der Waals surface area contributed by atoms with Crippen molar-refractivity contribution in [3.8, 4) is 5.75 Å². The molecule has 0 bridgehead atoms. The number of aryl methyl sites for hydroxylation is 2. The highest BCUT2D eigenvalue weighted by Gasteiger charge is 2.13. The second kappa shape index (κ2) is 12.0. The van der Waals surface area contributed by atoms with Gasteiger partial charge in [-0.2, -0.15) is 5.10 Å². The molecule has 3 aromatic rings. The summed E-state index contributed by atoms with van der Waals surface area (Å²) in [5.74, 6) is 2.64. The first kappa shape index (κ1) is 23.4. The lowest BCUT2D eigenvalue weighted by Crippen LogP contribution is -2.39. The molecule has 0 atom stereocenters. The lowest BCUT2D eigenvalue weighted by Gasteiger charge is -2.13. The first-order valence-electron chi connectivity index (χ1n) is 11.4. The van der Waals surface area contributed by atoms with Crippen LogP contribution in [-0.2, 0) is 39.3 Å². The fourth-order valence-corrected chi connectivity index (χ4v) is 3.78. The van der Waals surface area contributed by atoms with Crippen molar-refractivity contribution in [1.29, 1.82) is 0 Å². The number of nitrogens with one attached hydrogen (secondary N) is 2. The summed E-state index contributed by atoms with van der Waals surface area (Å²) in [5, 5.41) is 11.6. The molecule has 0 radical (unpaired) electrons. The lowest BCUT2D eigenvalue weighted by atomic mass is 10.1. The van der Waals surface area contributed by atoms with Crippen molar-refractivity contribution in [2.75, 3.05) is 20.2 Å². The van der Waals surface area contributed by atoms with Crippen molar-refractivity contribution in [3.05, 3.63) is 70.9 Å². The molecule has 2 aromatic heterocycles. The maximum atomic E-state index is 5.44. The minimum atomic E-state index is 0.610. The molecular formula is C25H35N5O2. The van der Waals surface area contributed by atoms with Gasteiger partial charge < -0.3 is 19.8 Å². The molecule has 0 saturated carbocycles. The smallest absolute Gasteiger partial charge is 0.191 e. The minimum absolute atomic E-state index is 0.610. The van der Waals surface area contributed by atoms with Crippen LogP contribution in [0.1, 0.15) is 42.1 Å². The van der Waals surface area contributed by atoms with Gasteiger partial charge >= 0.3 is 0 Å². The largest absolute Gasteiger partial charge is 0.497 e. The maximum absolute atomic E-state index is 5.44. The third-order valence-electron chi connectivity index (χ3n) is 5.53. The molecule has 32 heavy (non-hydrogen) atoms. The molecule has 0 unspecified atom stereocenters. The molecule has 7 nitrogen and oxygen atoms in total. The summed E-state index contributed by atoms with van der Waals surface area (Å²) in [5.41, 5.74) is 4.86. The third-order valence-corrected chi connectivity index (χ3v) is 5.53. The number of nitrogens with zero attached hydrogens (tertiary/aromatic N) is 3. The van der Waals surface area contributed by atoms with Gasteiger partial charge in [0.2, 0.25) is 0 Å². The summed E-state index contributed by atoms with van der Waals surface area (Å²) >= 11 is 0. The van der Waals surface area contributed by atoms with Crippen molar-refractivity contribution in [2.45, 2.75) is 46.1 Å². The highest BCUT2D eigenvalue weighted by Crippen LogP contribution is 2.16. The number of guanidine groups is 1. The molecule has 0 amide bonds. The van der Waals surface area contributed by atoms with E-state index in [0.717, 1.165) is 61.9 Å². The van der Waals surface area contributed by atoms with Crippen LogP contribution in [-0.4, -0.2) is 35.9 Å². The minimum Gasteiger partial charge on any atom is -0.497 e. The molecule has 0 fully saturated rings. The van der Waals surface area contributed by atoms with Gasteiger partial charge in [0.1, 0.15) is 11.5 Å². The van der Waals surface area contributed by atoms with Crippen LogP contribution in [0.25, 0.3) is 0 Å². The molecule has 0 aliphatic rings. The number of furan rings is 1. The Kier molecular flexibility index (Phi) is 8.78. The van der Waals surface area contributed by atoms with E-state index in [-0.39, 0.29) is 0 Å². The molecule has 172 valence electrons. The lowest BCUT2D eigenvalue weighted by molar-refractivity contribution is 0.414. The van der Waals surface area contributed by atoms with E-state index in [1.165, 1.54) is 16.8 Å². The van der Waals surface area contributed by atoms with Gasteiger partial charge in [-0.15, -0.1) is 0 Å². The van der Waals surface area contributed by atoms with Crippen LogP contribution < -0.4 is 15.4 Å². The Morgan fingerprint density at radius 3 is 2.44 bits per heavy atom. The van der Waals surface area contributed by atoms with Crippen LogP contribution in [0, 0.1) is 0 Å². The second-order valence-electron chi connectivity index (χ2n) is 7.65. The van der Waals surface area contributed by atoms with E-state index in [0.29, 0.717) is 6.54 Å². The van der Waals surface area contributed by atoms with E-state index >= 15 is 0 Å². The number of hydrogen-bond donors (Lipinski definition) is 2. The zero-order chi connectivity index (χ0) is 22.8. The summed E-state index contributed by atoms with van der Waals surface area (Å²) in [6, 6.07) is 12.1. The molecule has 3 rings (SSSR count). The van der Waals surface area contributed by atoms with Gasteiger partial charge in [-0.05, 0) is 49.1 Å². The van der Waals surface area contributed by atoms with Crippen LogP contribution in [0.3, 0.4) is 0 Å². The van der Waals surface area contributed by atoms with Crippen molar-refractivity contribution < 1.29 is 9.15 Å². The van der Waals surface area contributed by atoms with E-state index in [4.69, 9.17) is 14.1 Å². The van der Waals surface area contributed by atoms with Crippen molar-refractivity contribution in [3.63, 3.8) is 0 Å². The normalized spacial score (nSPS) is 11.6. The first-order valence-corrected chi connectivity index (χ1v) is 11.4. The Hall–Kier alpha value is -3.22. The van der Waals surface area contributed by atoms with E-state index in [1.807, 2.05) is 36.0 Å². The Labute approximate surface area is 190 Å². The van der Waals surface area contributed by atoms with Gasteiger partial charge in [0.25, 0.3) is 0 Å². The molecule has 2 N–H and O–H groups in total. The Bertz CT molecular complexity index is 975. The second-order valence-corrected chi connectivity index (χ2v) is 7.65. The molecule has 0 aliphatic carbocycles. The fourth-order valence-electron chi connectivity index (χ4n) is 3.78. The van der Waals surface area contributed by atoms with Crippen LogP contribution >= 0.6 is 0 Å². The summed E-state index contributed by atoms with van der Waals surface area (Å²) in [7, 11) is 3.70. The van der Waals surface area contributed by atoms with E-state index < -0.39 is 0 Å². The van der Waals surface area contributed by atoms with Gasteiger partial charge in [0, 0.05) is 37.8 Å². The van der Waals surface area contributed by atoms with Crippen LogP contribution in [0.2, 0.25) is 0 Å². The predicted octanol–water partition coefficient (Wildman–Crippen LogP) is 3.67. The summed E-state index contributed by atoms with van der Waals surface area (Å²) in [6.45, 7) is 6.45. The van der Waals surface area contributed by atoms with Crippen LogP contribution in [0.5, 0.6) is 5.75 Å². The number of aliphatic imine (C=N–C) groups is 1. The van der Waals surface area contributed by atoms with Gasteiger partial charge in [0.15, 0.2) is 5.96 Å². The zero-order valence-corrected chi connectivity index (χ0v) is 19.6. The van der Waals surface area contributed by atoms with Crippen LogP contribution in [0.4, 0.5) is 0 Å². The number of ether oxygens (including phenoxy) is 1. The highest BCUT2D eigenvalue weighted by molar-refractivity contribution is 5.79. The molecule has 0 aliphatic heterocycles. The van der Waals surface area contributed by atoms with Gasteiger partial charge in [-0.25, -0.2) is 4.99 Å². The van der Waals surface area contributed by atoms with Gasteiger partial charge in [-0.3, -0.25) is 4.68 Å². The first-order chi connectivity index (χ1) is 15.6. The van der Waals surface area contributed by atoms with Crippen molar-refractivity contribution in [1.82, 2.24) is 20.4 Å². The topological polar surface area (TPSA) is 76.6 Å². The third kappa shape index (κ3) is 6.39. The van der Waals surface area contributed by atoms with E-state index in [1.54, 1.807) is 13.4 Å². The molecule has 0 spiro atoms. The standard InChI is InChI=1S/C25H35N5O2/c1-5-23-22(24(6-2)30(3)29-23)18-28-25(27-16-14-21-8-7-17-32-21)26-15-13-19-9-11-20(31-4)12-10-19/h7-12,17H,5-6,13-16,18H2,1-4H3,(H2,26,27,28). The molecule has 1 aromatic carbocycles. The summed E-state index contributed by atoms with van der Waals surface area (Å²) in [6.07, 6.45) is 5.26. The number of aromatic nitrogens is 2. The molecule has 2 heterocycles. The Morgan fingerprint density at radius 2 is 1.81 bits per heavy atom. The zero-order valence-electron chi connectivity index (χ0n) is 19.6. The maximum Gasteiger partial charge on any atom is 0.191 e. The summed E-state index contributed by atoms with van der Waals surface area (Å²) in [4.78, 5) is 4.89. The SMILES string of the molecule is CCc1nn(C)c(CC)c1CN=C(NCCc1ccc(OC)cc1)NCCc1ccco1. The molecular weight excluding hydrogens is 402 g/mol. The van der Waals surface area contributed by atoms with Gasteiger partial charge in [0.05, 0.1) is 25.6 Å². The highest BCUT2D eigenvalue weighted by atomic mass is 16.5. The fraction of sp³-hybridized carbons (Fsp3) is 0.440. The number of hydrogen-bond acceptors (Lipinski definition) is 4. The number of rotatable bonds is 11. The predicted molar refractivity (Wildman–Crippen MR) is 128 cm³/mol. The average Bonchev–Trinajstić information content (AvgIpc) is 3.44. The Balaban J connectivity index is 1.65. The van der Waals surface area contributed by atoms with Crippen LogP contribution in [0.15, 0.2) is 52.1 Å². The number of methoxy groups -OCH3 is 1. The Morgan fingerprint density at radius 1 is 1.06 bits per heavy atom. The monoisotopic (exact) mass is 437 g/mol. The van der Waals surface area contributed by atoms with Crippen molar-refractivity contribution in [2.24, 2.45) is 12.0 Å². The molecule has 0 saturated heterocycles. The summed E-state index contributed by atoms with van der Waals surface area (Å²) < 4.78 is 12.7. The van der Waals surface area contributed by atoms with E-state index in [2.05, 4.69) is 41.7 Å².